The van der Waals surface area contributed by atoms with Crippen LogP contribution in [0.3, 0.4) is 0 Å². The summed E-state index contributed by atoms with van der Waals surface area (Å²) in [4.78, 5) is 30.7. The first-order valence-corrected chi connectivity index (χ1v) is 12.4. The van der Waals surface area contributed by atoms with E-state index in [9.17, 15) is 9.59 Å². The molecule has 1 heterocycles. The van der Waals surface area contributed by atoms with Crippen molar-refractivity contribution in [2.75, 3.05) is 33.4 Å². The van der Waals surface area contributed by atoms with Gasteiger partial charge in [-0.3, -0.25) is 9.59 Å². The molecule has 0 aliphatic carbocycles. The first kappa shape index (κ1) is 24.6. The predicted molar refractivity (Wildman–Crippen MR) is 138 cm³/mol. The lowest BCUT2D eigenvalue weighted by molar-refractivity contribution is -0.137. The van der Waals surface area contributed by atoms with Gasteiger partial charge in [0.25, 0.3) is 5.91 Å². The molecule has 3 aromatic carbocycles. The number of ether oxygens (including phenoxy) is 2. The zero-order valence-electron chi connectivity index (χ0n) is 20.8. The van der Waals surface area contributed by atoms with E-state index >= 15 is 0 Å². The van der Waals surface area contributed by atoms with Gasteiger partial charge >= 0.3 is 0 Å². The summed E-state index contributed by atoms with van der Waals surface area (Å²) < 4.78 is 11.1. The molecule has 1 aliphatic rings. The third-order valence-corrected chi connectivity index (χ3v) is 6.67. The minimum Gasteiger partial charge on any atom is -0.493 e. The lowest BCUT2D eigenvalue weighted by Crippen LogP contribution is -2.46. The van der Waals surface area contributed by atoms with E-state index in [1.165, 1.54) is 0 Å². The highest BCUT2D eigenvalue weighted by atomic mass is 16.5. The quantitative estimate of drug-likeness (QED) is 0.453. The average molecular weight is 475 g/mol. The standard InChI is InChI=1S/C29H34N2O4/c1-4-30(19-21-15-16-26(35-5-2)27(18-21)34-3)28(32)23-12-9-17-31(20-23)29(33)25-14-8-11-22-10-6-7-13-24(22)25/h6-8,10-11,13-16,18,23H,4-5,9,12,17,19-20H2,1-3H3. The van der Waals surface area contributed by atoms with Crippen molar-refractivity contribution in [3.8, 4) is 11.5 Å². The van der Waals surface area contributed by atoms with Crippen LogP contribution in [0.4, 0.5) is 0 Å². The van der Waals surface area contributed by atoms with Gasteiger partial charge in [0.15, 0.2) is 11.5 Å². The Kier molecular flexibility index (Phi) is 7.91. The molecule has 2 amide bonds. The monoisotopic (exact) mass is 474 g/mol. The highest BCUT2D eigenvalue weighted by Gasteiger charge is 2.31. The zero-order valence-corrected chi connectivity index (χ0v) is 20.8. The van der Waals surface area contributed by atoms with Crippen LogP contribution in [0.1, 0.15) is 42.6 Å². The highest BCUT2D eigenvalue weighted by Crippen LogP contribution is 2.29. The number of nitrogens with zero attached hydrogens (tertiary/aromatic N) is 2. The molecule has 0 saturated carbocycles. The summed E-state index contributed by atoms with van der Waals surface area (Å²) >= 11 is 0. The number of likely N-dealkylation sites (tertiary alicyclic amines) is 1. The number of carbonyl (C=O) groups excluding carboxylic acids is 2. The Morgan fingerprint density at radius 1 is 1.03 bits per heavy atom. The van der Waals surface area contributed by atoms with Crippen molar-refractivity contribution < 1.29 is 19.1 Å². The fourth-order valence-corrected chi connectivity index (χ4v) is 4.85. The number of benzene rings is 3. The van der Waals surface area contributed by atoms with E-state index in [1.807, 2.05) is 84.3 Å². The Labute approximate surface area is 207 Å². The summed E-state index contributed by atoms with van der Waals surface area (Å²) in [6.45, 7) is 6.70. The molecule has 0 radical (unpaired) electrons. The summed E-state index contributed by atoms with van der Waals surface area (Å²) in [5.74, 6) is 1.25. The van der Waals surface area contributed by atoms with Gasteiger partial charge < -0.3 is 19.3 Å². The molecule has 35 heavy (non-hydrogen) atoms. The molecule has 6 heteroatoms. The number of rotatable bonds is 8. The van der Waals surface area contributed by atoms with Crippen LogP contribution in [0.5, 0.6) is 11.5 Å². The van der Waals surface area contributed by atoms with Gasteiger partial charge in [-0.2, -0.15) is 0 Å². The van der Waals surface area contributed by atoms with Crippen LogP contribution in [0.15, 0.2) is 60.7 Å². The molecule has 1 fully saturated rings. The van der Waals surface area contributed by atoms with Crippen molar-refractivity contribution in [1.29, 1.82) is 0 Å². The first-order chi connectivity index (χ1) is 17.0. The van der Waals surface area contributed by atoms with Gasteiger partial charge in [0, 0.05) is 31.7 Å². The molecule has 184 valence electrons. The van der Waals surface area contributed by atoms with Crippen LogP contribution in [0.25, 0.3) is 10.8 Å². The fourth-order valence-electron chi connectivity index (χ4n) is 4.85. The Hall–Kier alpha value is -3.54. The van der Waals surface area contributed by atoms with Crippen LogP contribution in [0.2, 0.25) is 0 Å². The highest BCUT2D eigenvalue weighted by molar-refractivity contribution is 6.07. The van der Waals surface area contributed by atoms with Gasteiger partial charge in [-0.25, -0.2) is 0 Å². The first-order valence-electron chi connectivity index (χ1n) is 12.4. The second-order valence-corrected chi connectivity index (χ2v) is 8.89. The molecular weight excluding hydrogens is 440 g/mol. The topological polar surface area (TPSA) is 59.1 Å². The van der Waals surface area contributed by atoms with Crippen LogP contribution in [-0.2, 0) is 11.3 Å². The maximum absolute atomic E-state index is 13.5. The number of amides is 2. The van der Waals surface area contributed by atoms with E-state index in [0.29, 0.717) is 49.8 Å². The minimum atomic E-state index is -0.202. The molecule has 1 atom stereocenters. The third-order valence-electron chi connectivity index (χ3n) is 6.67. The average Bonchev–Trinajstić information content (AvgIpc) is 2.91. The number of methoxy groups -OCH3 is 1. The van der Waals surface area contributed by atoms with E-state index in [4.69, 9.17) is 9.47 Å². The number of hydrogen-bond acceptors (Lipinski definition) is 4. The largest absolute Gasteiger partial charge is 0.493 e. The Balaban J connectivity index is 1.47. The normalized spacial score (nSPS) is 15.6. The molecule has 0 N–H and O–H groups in total. The van der Waals surface area contributed by atoms with Crippen molar-refractivity contribution in [3.05, 3.63) is 71.8 Å². The molecule has 0 aromatic heterocycles. The van der Waals surface area contributed by atoms with Gasteiger partial charge in [0.05, 0.1) is 19.6 Å². The summed E-state index contributed by atoms with van der Waals surface area (Å²) in [6.07, 6.45) is 1.61. The summed E-state index contributed by atoms with van der Waals surface area (Å²) in [7, 11) is 1.62. The Morgan fingerprint density at radius 3 is 2.60 bits per heavy atom. The fraction of sp³-hybridized carbons (Fsp3) is 0.379. The van der Waals surface area contributed by atoms with E-state index < -0.39 is 0 Å². The molecule has 3 aromatic rings. The SMILES string of the molecule is CCOc1ccc(CN(CC)C(=O)C2CCCN(C(=O)c3cccc4ccccc34)C2)cc1OC. The molecule has 6 nitrogen and oxygen atoms in total. The summed E-state index contributed by atoms with van der Waals surface area (Å²) in [5, 5.41) is 2.00. The third kappa shape index (κ3) is 5.42. The Bertz CT molecular complexity index is 1190. The number of carbonyl (C=O) groups is 2. The van der Waals surface area contributed by atoms with Crippen LogP contribution in [0, 0.1) is 5.92 Å². The number of fused-ring (bicyclic) bond motifs is 1. The molecule has 1 unspecified atom stereocenters. The zero-order chi connectivity index (χ0) is 24.8. The lowest BCUT2D eigenvalue weighted by Gasteiger charge is -2.35. The smallest absolute Gasteiger partial charge is 0.254 e. The lowest BCUT2D eigenvalue weighted by atomic mass is 9.95. The minimum absolute atomic E-state index is 0.00130. The van der Waals surface area contributed by atoms with Crippen LogP contribution < -0.4 is 9.47 Å². The van der Waals surface area contributed by atoms with Crippen molar-refractivity contribution in [2.24, 2.45) is 5.92 Å². The molecule has 1 aliphatic heterocycles. The van der Waals surface area contributed by atoms with E-state index in [1.54, 1.807) is 7.11 Å². The van der Waals surface area contributed by atoms with Crippen molar-refractivity contribution in [1.82, 2.24) is 9.80 Å². The van der Waals surface area contributed by atoms with Crippen LogP contribution >= 0.6 is 0 Å². The van der Waals surface area contributed by atoms with Gasteiger partial charge in [0.1, 0.15) is 0 Å². The van der Waals surface area contributed by atoms with E-state index in [-0.39, 0.29) is 17.7 Å². The summed E-state index contributed by atoms with van der Waals surface area (Å²) in [5.41, 5.74) is 1.69. The maximum atomic E-state index is 13.5. The van der Waals surface area contributed by atoms with Crippen LogP contribution in [-0.4, -0.2) is 55.0 Å². The van der Waals surface area contributed by atoms with Gasteiger partial charge in [-0.15, -0.1) is 0 Å². The maximum Gasteiger partial charge on any atom is 0.254 e. The molecular formula is C29H34N2O4. The number of hydrogen-bond donors (Lipinski definition) is 0. The Morgan fingerprint density at radius 2 is 1.83 bits per heavy atom. The van der Waals surface area contributed by atoms with Crippen molar-refractivity contribution in [3.63, 3.8) is 0 Å². The van der Waals surface area contributed by atoms with Crippen molar-refractivity contribution in [2.45, 2.75) is 33.2 Å². The van der Waals surface area contributed by atoms with Gasteiger partial charge in [-0.1, -0.05) is 42.5 Å². The molecule has 0 spiro atoms. The predicted octanol–water partition coefficient (Wildman–Crippen LogP) is 5.15. The van der Waals surface area contributed by atoms with E-state index in [0.717, 1.165) is 29.2 Å². The second-order valence-electron chi connectivity index (χ2n) is 8.89. The molecule has 0 bridgehead atoms. The second kappa shape index (κ2) is 11.3. The van der Waals surface area contributed by atoms with Gasteiger partial charge in [0.2, 0.25) is 5.91 Å². The van der Waals surface area contributed by atoms with Gasteiger partial charge in [-0.05, 0) is 61.2 Å². The molecule has 1 saturated heterocycles. The number of piperidine rings is 1. The molecule has 4 rings (SSSR count). The summed E-state index contributed by atoms with van der Waals surface area (Å²) in [6, 6.07) is 19.5. The van der Waals surface area contributed by atoms with E-state index in [2.05, 4.69) is 0 Å². The van der Waals surface area contributed by atoms with Crippen molar-refractivity contribution >= 4 is 22.6 Å².